The van der Waals surface area contributed by atoms with Gasteiger partial charge >= 0.3 is 0 Å². The van der Waals surface area contributed by atoms with E-state index >= 15 is 0 Å². The highest BCUT2D eigenvalue weighted by Crippen LogP contribution is 2.40. The fourth-order valence-electron chi connectivity index (χ4n) is 3.34. The third-order valence-electron chi connectivity index (χ3n) is 4.73. The van der Waals surface area contributed by atoms with Crippen molar-refractivity contribution >= 4 is 10.0 Å². The van der Waals surface area contributed by atoms with Crippen molar-refractivity contribution in [2.24, 2.45) is 5.14 Å². The maximum Gasteiger partial charge on any atom is 0.238 e. The summed E-state index contributed by atoms with van der Waals surface area (Å²) < 4.78 is 49.5. The molecule has 0 atom stereocenters. The predicted octanol–water partition coefficient (Wildman–Crippen LogP) is 4.39. The van der Waals surface area contributed by atoms with Crippen LogP contribution in [0.5, 0.6) is 5.75 Å². The normalized spacial score (nSPS) is 11.5. The van der Waals surface area contributed by atoms with E-state index in [1.165, 1.54) is 31.4 Å². The Balaban J connectivity index is 1.95. The Labute approximate surface area is 179 Å². The smallest absolute Gasteiger partial charge is 0.238 e. The molecular weight excluding hydrogens is 419 g/mol. The van der Waals surface area contributed by atoms with Gasteiger partial charge in [0.25, 0.3) is 0 Å². The summed E-state index contributed by atoms with van der Waals surface area (Å²) in [5.74, 6) is 0.388. The number of hydrogen-bond acceptors (Lipinski definition) is 5. The Morgan fingerprint density at radius 1 is 1.00 bits per heavy atom. The first-order chi connectivity index (χ1) is 14.9. The zero-order valence-corrected chi connectivity index (χ0v) is 17.4. The van der Waals surface area contributed by atoms with Gasteiger partial charge in [-0.1, -0.05) is 48.5 Å². The number of ether oxygens (including phenoxy) is 1. The van der Waals surface area contributed by atoms with Crippen molar-refractivity contribution in [3.63, 3.8) is 0 Å². The van der Waals surface area contributed by atoms with Crippen molar-refractivity contribution in [2.75, 3.05) is 7.11 Å². The van der Waals surface area contributed by atoms with E-state index in [0.29, 0.717) is 17.9 Å². The SMILES string of the molecule is COc1cc(F)ccc1-c1oc(Cc2ccccc2)nc1-c1ccccc1S(N)(=O)=O. The van der Waals surface area contributed by atoms with E-state index in [9.17, 15) is 12.8 Å². The van der Waals surface area contributed by atoms with Crippen LogP contribution in [-0.4, -0.2) is 20.5 Å². The average Bonchev–Trinajstić information content (AvgIpc) is 3.17. The molecule has 4 rings (SSSR count). The van der Waals surface area contributed by atoms with E-state index in [-0.39, 0.29) is 27.7 Å². The zero-order valence-electron chi connectivity index (χ0n) is 16.6. The number of rotatable bonds is 6. The molecule has 0 unspecified atom stereocenters. The van der Waals surface area contributed by atoms with Gasteiger partial charge in [-0.2, -0.15) is 0 Å². The first kappa shape index (κ1) is 20.8. The molecule has 1 aromatic heterocycles. The Morgan fingerprint density at radius 3 is 2.42 bits per heavy atom. The Kier molecular flexibility index (Phi) is 5.58. The second-order valence-electron chi connectivity index (χ2n) is 6.83. The minimum atomic E-state index is -4.03. The Morgan fingerprint density at radius 2 is 1.71 bits per heavy atom. The van der Waals surface area contributed by atoms with Gasteiger partial charge in [0.05, 0.1) is 17.6 Å². The van der Waals surface area contributed by atoms with Crippen LogP contribution in [0.25, 0.3) is 22.6 Å². The van der Waals surface area contributed by atoms with Crippen LogP contribution in [0.15, 0.2) is 82.1 Å². The summed E-state index contributed by atoms with van der Waals surface area (Å²) >= 11 is 0. The Hall–Kier alpha value is -3.49. The number of primary sulfonamides is 1. The summed E-state index contributed by atoms with van der Waals surface area (Å²) in [6.45, 7) is 0. The molecule has 1 heterocycles. The van der Waals surface area contributed by atoms with Crippen LogP contribution in [-0.2, 0) is 16.4 Å². The van der Waals surface area contributed by atoms with Crippen LogP contribution in [0.1, 0.15) is 11.5 Å². The number of nitrogens with zero attached hydrogens (tertiary/aromatic N) is 1. The first-order valence-corrected chi connectivity index (χ1v) is 10.9. The maximum absolute atomic E-state index is 13.8. The molecule has 6 nitrogen and oxygen atoms in total. The van der Waals surface area contributed by atoms with Crippen molar-refractivity contribution in [2.45, 2.75) is 11.3 Å². The van der Waals surface area contributed by atoms with E-state index in [2.05, 4.69) is 4.98 Å². The third kappa shape index (κ3) is 4.35. The highest BCUT2D eigenvalue weighted by atomic mass is 32.2. The van der Waals surface area contributed by atoms with Crippen molar-refractivity contribution in [3.05, 3.63) is 90.1 Å². The first-order valence-electron chi connectivity index (χ1n) is 9.36. The highest BCUT2D eigenvalue weighted by molar-refractivity contribution is 7.89. The van der Waals surface area contributed by atoms with Crippen molar-refractivity contribution in [1.82, 2.24) is 4.98 Å². The molecule has 31 heavy (non-hydrogen) atoms. The van der Waals surface area contributed by atoms with Crippen molar-refractivity contribution in [3.8, 4) is 28.3 Å². The minimum absolute atomic E-state index is 0.0862. The van der Waals surface area contributed by atoms with E-state index in [0.717, 1.165) is 5.56 Å². The molecule has 0 spiro atoms. The second kappa shape index (κ2) is 8.33. The van der Waals surface area contributed by atoms with Gasteiger partial charge in [-0.3, -0.25) is 0 Å². The zero-order chi connectivity index (χ0) is 22.0. The van der Waals surface area contributed by atoms with Gasteiger partial charge in [-0.25, -0.2) is 22.9 Å². The number of sulfonamides is 1. The molecule has 0 aliphatic heterocycles. The number of nitrogens with two attached hydrogens (primary N) is 1. The van der Waals surface area contributed by atoms with Gasteiger partial charge in [0.15, 0.2) is 11.7 Å². The summed E-state index contributed by atoms with van der Waals surface area (Å²) in [4.78, 5) is 4.50. The Bertz CT molecular complexity index is 1330. The molecule has 0 aliphatic rings. The van der Waals surface area contributed by atoms with Gasteiger partial charge in [0.1, 0.15) is 17.3 Å². The molecule has 0 saturated carbocycles. The number of oxazole rings is 1. The number of halogens is 1. The predicted molar refractivity (Wildman–Crippen MR) is 115 cm³/mol. The number of hydrogen-bond donors (Lipinski definition) is 1. The van der Waals surface area contributed by atoms with Gasteiger partial charge in [-0.15, -0.1) is 0 Å². The molecule has 0 aliphatic carbocycles. The topological polar surface area (TPSA) is 95.4 Å². The molecule has 0 amide bonds. The molecule has 4 aromatic rings. The average molecular weight is 438 g/mol. The van der Waals surface area contributed by atoms with Gasteiger partial charge in [-0.05, 0) is 23.8 Å². The van der Waals surface area contributed by atoms with E-state index < -0.39 is 15.8 Å². The minimum Gasteiger partial charge on any atom is -0.496 e. The molecule has 158 valence electrons. The summed E-state index contributed by atoms with van der Waals surface area (Å²) in [6.07, 6.45) is 0.384. The molecule has 3 aromatic carbocycles. The summed E-state index contributed by atoms with van der Waals surface area (Å²) in [5.41, 5.74) is 1.97. The van der Waals surface area contributed by atoms with Crippen LogP contribution in [0, 0.1) is 5.82 Å². The molecule has 2 N–H and O–H groups in total. The molecule has 0 radical (unpaired) electrons. The van der Waals surface area contributed by atoms with Crippen LogP contribution >= 0.6 is 0 Å². The van der Waals surface area contributed by atoms with Gasteiger partial charge in [0.2, 0.25) is 10.0 Å². The molecule has 0 bridgehead atoms. The van der Waals surface area contributed by atoms with Crippen molar-refractivity contribution < 1.29 is 22.0 Å². The standard InChI is InChI=1S/C23H19FN2O4S/c1-29-19-14-16(24)11-12-17(19)23-22(18-9-5-6-10-20(18)31(25,27)28)26-21(30-23)13-15-7-3-2-4-8-15/h2-12,14H,13H2,1H3,(H2,25,27,28). The lowest BCUT2D eigenvalue weighted by Gasteiger charge is -2.09. The highest BCUT2D eigenvalue weighted by Gasteiger charge is 2.25. The monoisotopic (exact) mass is 438 g/mol. The largest absolute Gasteiger partial charge is 0.496 e. The van der Waals surface area contributed by atoms with E-state index in [1.807, 2.05) is 30.3 Å². The van der Waals surface area contributed by atoms with Crippen molar-refractivity contribution in [1.29, 1.82) is 0 Å². The lowest BCUT2D eigenvalue weighted by atomic mass is 10.0. The molecule has 0 saturated heterocycles. The summed E-state index contributed by atoms with van der Waals surface area (Å²) in [6, 6.07) is 19.8. The molecular formula is C23H19FN2O4S. The van der Waals surface area contributed by atoms with Crippen LogP contribution in [0.3, 0.4) is 0 Å². The number of benzene rings is 3. The fraction of sp³-hybridized carbons (Fsp3) is 0.0870. The quantitative estimate of drug-likeness (QED) is 0.482. The summed E-state index contributed by atoms with van der Waals surface area (Å²) in [7, 11) is -2.61. The van der Waals surface area contributed by atoms with E-state index in [1.54, 1.807) is 18.2 Å². The maximum atomic E-state index is 13.8. The van der Waals surface area contributed by atoms with Gasteiger partial charge in [0, 0.05) is 18.1 Å². The van der Waals surface area contributed by atoms with Crippen LogP contribution < -0.4 is 9.88 Å². The van der Waals surface area contributed by atoms with Gasteiger partial charge < -0.3 is 9.15 Å². The van der Waals surface area contributed by atoms with Crippen LogP contribution in [0.4, 0.5) is 4.39 Å². The fourth-order valence-corrected chi connectivity index (χ4v) is 4.08. The third-order valence-corrected chi connectivity index (χ3v) is 5.70. The summed E-state index contributed by atoms with van der Waals surface area (Å²) in [5, 5.41) is 5.43. The lowest BCUT2D eigenvalue weighted by Crippen LogP contribution is -2.13. The van der Waals surface area contributed by atoms with Crippen LogP contribution in [0.2, 0.25) is 0 Å². The second-order valence-corrected chi connectivity index (χ2v) is 8.36. The molecule has 0 fully saturated rings. The number of aromatic nitrogens is 1. The number of methoxy groups -OCH3 is 1. The molecule has 8 heteroatoms. The lowest BCUT2D eigenvalue weighted by molar-refractivity contribution is 0.410. The van der Waals surface area contributed by atoms with E-state index in [4.69, 9.17) is 14.3 Å².